The summed E-state index contributed by atoms with van der Waals surface area (Å²) in [4.78, 5) is 29.1. The number of nitrogens with zero attached hydrogens (tertiary/aromatic N) is 3. The molecule has 4 aromatic heterocycles. The van der Waals surface area contributed by atoms with Crippen molar-refractivity contribution in [3.63, 3.8) is 0 Å². The molecule has 4 rings (SSSR count). The van der Waals surface area contributed by atoms with E-state index in [1.807, 2.05) is 24.3 Å². The van der Waals surface area contributed by atoms with Gasteiger partial charge in [-0.05, 0) is 30.5 Å². The standard InChI is InChI=1S/C22H23N5O/c1-13(22(2,3)4)26-20-14-8-10-23-11-15(14)18-19(27-20)16(12-25-21(18)28)17-7-5-6-9-24-17/h5-13H,1-4H3,(H,25,28)(H,26,27). The molecule has 4 aromatic rings. The van der Waals surface area contributed by atoms with E-state index in [1.165, 1.54) is 0 Å². The van der Waals surface area contributed by atoms with Gasteiger partial charge in [0.2, 0.25) is 0 Å². The molecule has 2 N–H and O–H groups in total. The van der Waals surface area contributed by atoms with E-state index in [0.717, 1.165) is 27.8 Å². The molecule has 142 valence electrons. The molecule has 28 heavy (non-hydrogen) atoms. The van der Waals surface area contributed by atoms with Crippen molar-refractivity contribution in [1.29, 1.82) is 0 Å². The SMILES string of the molecule is CC(Nc1nc2c(-c3ccccn3)c[nH]c(=O)c2c2cnccc12)C(C)(C)C. The van der Waals surface area contributed by atoms with Crippen LogP contribution in [0.5, 0.6) is 0 Å². The lowest BCUT2D eigenvalue weighted by Gasteiger charge is -2.29. The Labute approximate surface area is 163 Å². The number of anilines is 1. The van der Waals surface area contributed by atoms with Gasteiger partial charge in [-0.15, -0.1) is 0 Å². The second-order valence-corrected chi connectivity index (χ2v) is 8.08. The summed E-state index contributed by atoms with van der Waals surface area (Å²) in [5, 5.41) is 5.72. The van der Waals surface area contributed by atoms with Crippen LogP contribution in [0.2, 0.25) is 0 Å². The van der Waals surface area contributed by atoms with Crippen molar-refractivity contribution >= 4 is 27.5 Å². The number of H-pyrrole nitrogens is 1. The van der Waals surface area contributed by atoms with Crippen LogP contribution in [0.3, 0.4) is 0 Å². The van der Waals surface area contributed by atoms with Gasteiger partial charge in [0.25, 0.3) is 5.56 Å². The lowest BCUT2D eigenvalue weighted by Crippen LogP contribution is -2.31. The fourth-order valence-corrected chi connectivity index (χ4v) is 3.11. The van der Waals surface area contributed by atoms with Crippen molar-refractivity contribution in [2.24, 2.45) is 5.41 Å². The molecule has 0 spiro atoms. The average Bonchev–Trinajstić information content (AvgIpc) is 2.68. The molecule has 0 fully saturated rings. The molecule has 0 radical (unpaired) electrons. The van der Waals surface area contributed by atoms with Gasteiger partial charge in [-0.1, -0.05) is 26.8 Å². The van der Waals surface area contributed by atoms with Crippen molar-refractivity contribution in [3.05, 3.63) is 59.4 Å². The maximum Gasteiger partial charge on any atom is 0.258 e. The number of hydrogen-bond donors (Lipinski definition) is 2. The number of hydrogen-bond acceptors (Lipinski definition) is 5. The first-order chi connectivity index (χ1) is 13.4. The van der Waals surface area contributed by atoms with Crippen LogP contribution in [0, 0.1) is 5.41 Å². The van der Waals surface area contributed by atoms with Crippen LogP contribution in [0.15, 0.2) is 53.8 Å². The average molecular weight is 373 g/mol. The highest BCUT2D eigenvalue weighted by atomic mass is 16.1. The summed E-state index contributed by atoms with van der Waals surface area (Å²) in [5.74, 6) is 0.745. The minimum Gasteiger partial charge on any atom is -0.367 e. The van der Waals surface area contributed by atoms with Gasteiger partial charge in [0.05, 0.1) is 16.6 Å². The summed E-state index contributed by atoms with van der Waals surface area (Å²) >= 11 is 0. The molecule has 0 amide bonds. The summed E-state index contributed by atoms with van der Waals surface area (Å²) in [6.45, 7) is 8.68. The summed E-state index contributed by atoms with van der Waals surface area (Å²) in [6, 6.07) is 7.76. The Kier molecular flexibility index (Phi) is 4.34. The van der Waals surface area contributed by atoms with E-state index in [-0.39, 0.29) is 17.0 Å². The molecule has 0 saturated carbocycles. The fourth-order valence-electron chi connectivity index (χ4n) is 3.11. The first kappa shape index (κ1) is 18.1. The van der Waals surface area contributed by atoms with Gasteiger partial charge in [-0.25, -0.2) is 4.98 Å². The number of fused-ring (bicyclic) bond motifs is 3. The van der Waals surface area contributed by atoms with Gasteiger partial charge < -0.3 is 10.3 Å². The topological polar surface area (TPSA) is 83.6 Å². The molecule has 1 unspecified atom stereocenters. The number of aromatic nitrogens is 4. The Hall–Kier alpha value is -3.28. The summed E-state index contributed by atoms with van der Waals surface area (Å²) < 4.78 is 0. The highest BCUT2D eigenvalue weighted by Crippen LogP contribution is 2.33. The van der Waals surface area contributed by atoms with E-state index >= 15 is 0 Å². The Morgan fingerprint density at radius 1 is 1.11 bits per heavy atom. The van der Waals surface area contributed by atoms with Crippen molar-refractivity contribution in [2.75, 3.05) is 5.32 Å². The molecular formula is C22H23N5O. The molecule has 0 aliphatic rings. The summed E-state index contributed by atoms with van der Waals surface area (Å²) in [7, 11) is 0. The molecule has 0 saturated heterocycles. The number of nitrogens with one attached hydrogen (secondary N) is 2. The molecule has 6 nitrogen and oxygen atoms in total. The number of aromatic amines is 1. The fraction of sp³-hybridized carbons (Fsp3) is 0.273. The Morgan fingerprint density at radius 3 is 2.64 bits per heavy atom. The smallest absolute Gasteiger partial charge is 0.258 e. The van der Waals surface area contributed by atoms with Crippen LogP contribution in [-0.2, 0) is 0 Å². The Morgan fingerprint density at radius 2 is 1.93 bits per heavy atom. The lowest BCUT2D eigenvalue weighted by molar-refractivity contribution is 0.359. The predicted octanol–water partition coefficient (Wildman–Crippen LogP) is 4.38. The Balaban J connectivity index is 2.06. The first-order valence-corrected chi connectivity index (χ1v) is 9.33. The third-order valence-electron chi connectivity index (χ3n) is 5.23. The van der Waals surface area contributed by atoms with Gasteiger partial charge in [0, 0.05) is 47.2 Å². The van der Waals surface area contributed by atoms with Crippen molar-refractivity contribution in [2.45, 2.75) is 33.7 Å². The zero-order chi connectivity index (χ0) is 19.9. The van der Waals surface area contributed by atoms with Gasteiger partial charge in [-0.2, -0.15) is 0 Å². The summed E-state index contributed by atoms with van der Waals surface area (Å²) in [5.41, 5.74) is 2.03. The van der Waals surface area contributed by atoms with Crippen molar-refractivity contribution in [3.8, 4) is 11.3 Å². The van der Waals surface area contributed by atoms with Crippen LogP contribution in [0.25, 0.3) is 32.9 Å². The first-order valence-electron chi connectivity index (χ1n) is 9.33. The molecule has 0 aromatic carbocycles. The second-order valence-electron chi connectivity index (χ2n) is 8.08. The molecule has 6 heteroatoms. The van der Waals surface area contributed by atoms with Crippen molar-refractivity contribution in [1.82, 2.24) is 19.9 Å². The van der Waals surface area contributed by atoms with E-state index in [2.05, 4.69) is 48.0 Å². The van der Waals surface area contributed by atoms with Crippen LogP contribution in [-0.4, -0.2) is 26.0 Å². The second kappa shape index (κ2) is 6.71. The van der Waals surface area contributed by atoms with Gasteiger partial charge >= 0.3 is 0 Å². The zero-order valence-electron chi connectivity index (χ0n) is 16.4. The van der Waals surface area contributed by atoms with Gasteiger partial charge in [0.1, 0.15) is 5.82 Å². The van der Waals surface area contributed by atoms with Crippen LogP contribution in [0.1, 0.15) is 27.7 Å². The van der Waals surface area contributed by atoms with E-state index in [4.69, 9.17) is 4.98 Å². The lowest BCUT2D eigenvalue weighted by atomic mass is 9.88. The zero-order valence-corrected chi connectivity index (χ0v) is 16.4. The van der Waals surface area contributed by atoms with E-state index in [0.29, 0.717) is 10.9 Å². The minimum atomic E-state index is -0.185. The van der Waals surface area contributed by atoms with E-state index in [9.17, 15) is 4.79 Å². The highest BCUT2D eigenvalue weighted by molar-refractivity contribution is 6.12. The largest absolute Gasteiger partial charge is 0.367 e. The van der Waals surface area contributed by atoms with Gasteiger partial charge in [-0.3, -0.25) is 14.8 Å². The minimum absolute atomic E-state index is 0.0496. The third kappa shape index (κ3) is 3.11. The predicted molar refractivity (Wildman–Crippen MR) is 113 cm³/mol. The van der Waals surface area contributed by atoms with Crippen LogP contribution >= 0.6 is 0 Å². The van der Waals surface area contributed by atoms with Crippen LogP contribution in [0.4, 0.5) is 5.82 Å². The molecule has 0 bridgehead atoms. The number of rotatable bonds is 3. The summed E-state index contributed by atoms with van der Waals surface area (Å²) in [6.07, 6.45) is 6.86. The molecular weight excluding hydrogens is 350 g/mol. The third-order valence-corrected chi connectivity index (χ3v) is 5.23. The van der Waals surface area contributed by atoms with Crippen molar-refractivity contribution < 1.29 is 0 Å². The van der Waals surface area contributed by atoms with E-state index < -0.39 is 0 Å². The molecule has 0 aliphatic heterocycles. The maximum atomic E-state index is 12.7. The molecule has 4 heterocycles. The quantitative estimate of drug-likeness (QED) is 0.521. The Bertz CT molecular complexity index is 1210. The molecule has 1 atom stereocenters. The maximum absolute atomic E-state index is 12.7. The van der Waals surface area contributed by atoms with E-state index in [1.54, 1.807) is 24.8 Å². The monoisotopic (exact) mass is 373 g/mol. The highest BCUT2D eigenvalue weighted by Gasteiger charge is 2.22. The number of pyridine rings is 4. The van der Waals surface area contributed by atoms with Crippen LogP contribution < -0.4 is 10.9 Å². The van der Waals surface area contributed by atoms with Gasteiger partial charge in [0.15, 0.2) is 0 Å². The normalized spacial score (nSPS) is 13.0. The molecule has 0 aliphatic carbocycles.